The van der Waals surface area contributed by atoms with Gasteiger partial charge in [0.2, 0.25) is 17.7 Å². The molecule has 214 valence electrons. The van der Waals surface area contributed by atoms with Crippen LogP contribution in [0.15, 0.2) is 24.3 Å². The highest BCUT2D eigenvalue weighted by Gasteiger charge is 2.31. The highest BCUT2D eigenvalue weighted by atomic mass is 16.4. The fraction of sp³-hybridized carbons (Fsp3) is 0.630. The number of phenols is 1. The number of carbonyl (C=O) groups excluding carboxylic acids is 3. The van der Waals surface area contributed by atoms with Crippen molar-refractivity contribution in [2.45, 2.75) is 90.4 Å². The number of hydrogen-bond donors (Lipinski definition) is 7. The predicted octanol–water partition coefficient (Wildman–Crippen LogP) is 1.02. The van der Waals surface area contributed by atoms with E-state index in [1.54, 1.807) is 12.1 Å². The van der Waals surface area contributed by atoms with E-state index in [0.717, 1.165) is 5.56 Å². The van der Waals surface area contributed by atoms with Gasteiger partial charge in [0, 0.05) is 0 Å². The molecule has 0 saturated heterocycles. The highest BCUT2D eigenvalue weighted by Crippen LogP contribution is 2.13. The maximum atomic E-state index is 13.3. The molecule has 0 radical (unpaired) electrons. The van der Waals surface area contributed by atoms with Crippen LogP contribution in [0.3, 0.4) is 0 Å². The molecule has 4 atom stereocenters. The Morgan fingerprint density at radius 2 is 1.26 bits per heavy atom. The van der Waals surface area contributed by atoms with Crippen LogP contribution in [0.25, 0.3) is 0 Å². The van der Waals surface area contributed by atoms with Crippen molar-refractivity contribution in [2.24, 2.45) is 23.3 Å². The number of nitrogens with one attached hydrogen (secondary N) is 3. The Bertz CT molecular complexity index is 906. The van der Waals surface area contributed by atoms with Crippen molar-refractivity contribution in [1.29, 1.82) is 0 Å². The van der Waals surface area contributed by atoms with Crippen molar-refractivity contribution in [3.8, 4) is 5.75 Å². The van der Waals surface area contributed by atoms with Gasteiger partial charge in [0.05, 0.1) is 6.04 Å². The molecule has 38 heavy (non-hydrogen) atoms. The second-order valence-electron chi connectivity index (χ2n) is 10.5. The van der Waals surface area contributed by atoms with E-state index < -0.39 is 47.9 Å². The molecular weight excluding hydrogens is 490 g/mol. The van der Waals surface area contributed by atoms with E-state index in [2.05, 4.69) is 16.0 Å². The average molecular weight is 536 g/mol. The zero-order chi connectivity index (χ0) is 28.8. The van der Waals surface area contributed by atoms with Crippen LogP contribution in [0, 0.1) is 11.8 Å². The number of benzene rings is 1. The summed E-state index contributed by atoms with van der Waals surface area (Å²) in [7, 11) is 0. The molecule has 0 bridgehead atoms. The van der Waals surface area contributed by atoms with Gasteiger partial charge in [-0.05, 0) is 74.6 Å². The third-order valence-corrected chi connectivity index (χ3v) is 5.97. The maximum absolute atomic E-state index is 13.3. The molecular formula is C27H45N5O6. The van der Waals surface area contributed by atoms with Gasteiger partial charge in [-0.15, -0.1) is 0 Å². The van der Waals surface area contributed by atoms with E-state index >= 15 is 0 Å². The van der Waals surface area contributed by atoms with Crippen molar-refractivity contribution in [3.05, 3.63) is 29.8 Å². The van der Waals surface area contributed by atoms with Crippen molar-refractivity contribution in [3.63, 3.8) is 0 Å². The van der Waals surface area contributed by atoms with Gasteiger partial charge in [-0.2, -0.15) is 0 Å². The van der Waals surface area contributed by atoms with Crippen LogP contribution in [0.5, 0.6) is 5.75 Å². The first-order chi connectivity index (χ1) is 17.8. The van der Waals surface area contributed by atoms with E-state index in [1.165, 1.54) is 12.1 Å². The zero-order valence-corrected chi connectivity index (χ0v) is 22.9. The quantitative estimate of drug-likeness (QED) is 0.143. The molecule has 0 aliphatic heterocycles. The molecule has 0 spiro atoms. The number of carboxylic acids is 1. The van der Waals surface area contributed by atoms with Gasteiger partial charge in [0.15, 0.2) is 0 Å². The molecule has 0 heterocycles. The fourth-order valence-electron chi connectivity index (χ4n) is 3.96. The van der Waals surface area contributed by atoms with Crippen molar-refractivity contribution in [2.75, 3.05) is 6.54 Å². The normalized spacial score (nSPS) is 14.4. The number of nitrogens with two attached hydrogens (primary N) is 2. The lowest BCUT2D eigenvalue weighted by molar-refractivity contribution is -0.142. The third kappa shape index (κ3) is 12.4. The second-order valence-corrected chi connectivity index (χ2v) is 10.5. The maximum Gasteiger partial charge on any atom is 0.326 e. The number of carboxylic acid groups (broad SMARTS) is 1. The number of aliphatic carboxylic acids is 1. The summed E-state index contributed by atoms with van der Waals surface area (Å²) in [5.41, 5.74) is 12.3. The Labute approximate surface area is 225 Å². The summed E-state index contributed by atoms with van der Waals surface area (Å²) < 4.78 is 0. The van der Waals surface area contributed by atoms with Crippen LogP contribution in [0.2, 0.25) is 0 Å². The van der Waals surface area contributed by atoms with E-state index in [1.807, 2.05) is 27.7 Å². The topological polar surface area (TPSA) is 197 Å². The van der Waals surface area contributed by atoms with E-state index in [-0.39, 0.29) is 36.8 Å². The number of unbranched alkanes of at least 4 members (excludes halogenated alkanes) is 1. The molecule has 1 rings (SSSR count). The SMILES string of the molecule is CC(C)CC(NC(=O)C(N)Cc1ccc(O)cc1)C(=O)NC(CC(C)C)C(=O)NC(CCCCN)C(=O)O. The summed E-state index contributed by atoms with van der Waals surface area (Å²) in [5.74, 6) is -2.62. The van der Waals surface area contributed by atoms with Crippen LogP contribution < -0.4 is 27.4 Å². The van der Waals surface area contributed by atoms with Crippen LogP contribution >= 0.6 is 0 Å². The third-order valence-electron chi connectivity index (χ3n) is 5.97. The van der Waals surface area contributed by atoms with Crippen LogP contribution in [0.1, 0.15) is 65.4 Å². The van der Waals surface area contributed by atoms with Gasteiger partial charge in [-0.1, -0.05) is 39.8 Å². The Kier molecular flexibility index (Phi) is 14.4. The number of carbonyl (C=O) groups is 4. The predicted molar refractivity (Wildman–Crippen MR) is 145 cm³/mol. The molecule has 3 amide bonds. The molecule has 11 heteroatoms. The molecule has 11 nitrogen and oxygen atoms in total. The standard InChI is InChI=1S/C27H45N5O6/c1-16(2)13-22(31-24(34)20(29)15-18-8-10-19(33)11-9-18)26(36)32-23(14-17(3)4)25(35)30-21(27(37)38)7-5-6-12-28/h8-11,16-17,20-23,33H,5-7,12-15,28-29H2,1-4H3,(H,30,35)(H,31,34)(H,32,36)(H,37,38). The van der Waals surface area contributed by atoms with Crippen molar-refractivity contribution >= 4 is 23.7 Å². The average Bonchev–Trinajstić information content (AvgIpc) is 2.83. The first-order valence-electron chi connectivity index (χ1n) is 13.2. The number of amides is 3. The number of rotatable bonds is 17. The molecule has 9 N–H and O–H groups in total. The lowest BCUT2D eigenvalue weighted by Crippen LogP contribution is -2.57. The number of hydrogen-bond acceptors (Lipinski definition) is 7. The highest BCUT2D eigenvalue weighted by molar-refractivity contribution is 5.94. The molecule has 0 aromatic heterocycles. The molecule has 0 fully saturated rings. The largest absolute Gasteiger partial charge is 0.508 e. The lowest BCUT2D eigenvalue weighted by Gasteiger charge is -2.27. The first kappa shape index (κ1) is 32.8. The summed E-state index contributed by atoms with van der Waals surface area (Å²) >= 11 is 0. The molecule has 0 saturated carbocycles. The zero-order valence-electron chi connectivity index (χ0n) is 22.9. The first-order valence-corrected chi connectivity index (χ1v) is 13.2. The van der Waals surface area contributed by atoms with E-state index in [9.17, 15) is 29.4 Å². The molecule has 0 aliphatic rings. The van der Waals surface area contributed by atoms with Crippen molar-refractivity contribution < 1.29 is 29.4 Å². The van der Waals surface area contributed by atoms with Gasteiger partial charge in [0.1, 0.15) is 23.9 Å². The van der Waals surface area contributed by atoms with Crippen LogP contribution in [-0.4, -0.2) is 64.6 Å². The van der Waals surface area contributed by atoms with Crippen LogP contribution in [-0.2, 0) is 25.6 Å². The molecule has 1 aromatic carbocycles. The second kappa shape index (κ2) is 16.6. The minimum absolute atomic E-state index is 0.0310. The molecule has 0 aliphatic carbocycles. The van der Waals surface area contributed by atoms with E-state index in [0.29, 0.717) is 25.8 Å². The summed E-state index contributed by atoms with van der Waals surface area (Å²) in [5, 5.41) is 26.9. The Hall–Kier alpha value is -3.18. The lowest BCUT2D eigenvalue weighted by atomic mass is 9.99. The van der Waals surface area contributed by atoms with E-state index in [4.69, 9.17) is 11.5 Å². The van der Waals surface area contributed by atoms with Gasteiger partial charge in [-0.25, -0.2) is 4.79 Å². The fourth-order valence-corrected chi connectivity index (χ4v) is 3.96. The Balaban J connectivity index is 2.94. The summed E-state index contributed by atoms with van der Waals surface area (Å²) in [4.78, 5) is 50.8. The summed E-state index contributed by atoms with van der Waals surface area (Å²) in [6.07, 6.45) is 2.22. The van der Waals surface area contributed by atoms with Crippen LogP contribution in [0.4, 0.5) is 0 Å². The minimum atomic E-state index is -1.16. The Morgan fingerprint density at radius 1 is 0.789 bits per heavy atom. The number of phenolic OH excluding ortho intramolecular Hbond substituents is 1. The Morgan fingerprint density at radius 3 is 1.71 bits per heavy atom. The molecule has 4 unspecified atom stereocenters. The summed E-state index contributed by atoms with van der Waals surface area (Å²) in [6, 6.07) is 2.40. The molecule has 1 aromatic rings. The van der Waals surface area contributed by atoms with Gasteiger partial charge in [0.25, 0.3) is 0 Å². The summed E-state index contributed by atoms with van der Waals surface area (Å²) in [6.45, 7) is 8.00. The monoisotopic (exact) mass is 535 g/mol. The van der Waals surface area contributed by atoms with Gasteiger partial charge in [-0.3, -0.25) is 14.4 Å². The minimum Gasteiger partial charge on any atom is -0.508 e. The van der Waals surface area contributed by atoms with Gasteiger partial charge >= 0.3 is 5.97 Å². The van der Waals surface area contributed by atoms with Crippen molar-refractivity contribution in [1.82, 2.24) is 16.0 Å². The number of aromatic hydroxyl groups is 1. The van der Waals surface area contributed by atoms with Gasteiger partial charge < -0.3 is 37.6 Å². The smallest absolute Gasteiger partial charge is 0.326 e.